The van der Waals surface area contributed by atoms with E-state index in [0.29, 0.717) is 46.8 Å². The molecule has 2 N–H and O–H groups in total. The van der Waals surface area contributed by atoms with E-state index in [4.69, 9.17) is 4.74 Å². The Morgan fingerprint density at radius 3 is 2.71 bits per heavy atom. The number of nitrogens with zero attached hydrogens (tertiary/aromatic N) is 6. The van der Waals surface area contributed by atoms with Gasteiger partial charge in [-0.2, -0.15) is 18.2 Å². The number of methoxy groups -OCH3 is 1. The summed E-state index contributed by atoms with van der Waals surface area (Å²) in [5.74, 6) is 0.739. The smallest absolute Gasteiger partial charge is 0.408 e. The van der Waals surface area contributed by atoms with Crippen LogP contribution < -0.4 is 10.1 Å². The molecule has 0 atom stereocenters. The van der Waals surface area contributed by atoms with Crippen molar-refractivity contribution in [1.82, 2.24) is 29.6 Å². The molecule has 0 bridgehead atoms. The van der Waals surface area contributed by atoms with Crippen LogP contribution in [0.1, 0.15) is 32.6 Å². The van der Waals surface area contributed by atoms with Crippen LogP contribution in [0.5, 0.6) is 5.88 Å². The van der Waals surface area contributed by atoms with Gasteiger partial charge in [0.25, 0.3) is 0 Å². The molecule has 1 aliphatic carbocycles. The van der Waals surface area contributed by atoms with Crippen molar-refractivity contribution in [2.24, 2.45) is 0 Å². The summed E-state index contributed by atoms with van der Waals surface area (Å²) in [6.45, 7) is 0.626. The summed E-state index contributed by atoms with van der Waals surface area (Å²) in [6, 6.07) is 6.98. The summed E-state index contributed by atoms with van der Waals surface area (Å²) in [4.78, 5) is 4.52. The Kier molecular flexibility index (Phi) is 5.34. The maximum atomic E-state index is 12.9. The predicted molar refractivity (Wildman–Crippen MR) is 119 cm³/mol. The van der Waals surface area contributed by atoms with E-state index in [9.17, 15) is 18.3 Å². The maximum absolute atomic E-state index is 12.9. The van der Waals surface area contributed by atoms with Gasteiger partial charge in [0.2, 0.25) is 11.8 Å². The number of anilines is 1. The number of fused-ring (bicyclic) bond motifs is 2. The van der Waals surface area contributed by atoms with E-state index in [-0.39, 0.29) is 11.6 Å². The molecule has 0 unspecified atom stereocenters. The van der Waals surface area contributed by atoms with Crippen LogP contribution in [-0.2, 0) is 6.54 Å². The number of halogens is 3. The average molecular weight is 475 g/mol. The summed E-state index contributed by atoms with van der Waals surface area (Å²) in [6.07, 6.45) is 0.329. The first-order chi connectivity index (χ1) is 16.1. The number of aromatic nitrogens is 6. The number of nitrogens with one attached hydrogen (secondary N) is 1. The summed E-state index contributed by atoms with van der Waals surface area (Å²) in [5, 5.41) is 25.5. The van der Waals surface area contributed by atoms with E-state index in [2.05, 4.69) is 25.7 Å². The Labute approximate surface area is 192 Å². The zero-order valence-electron chi connectivity index (χ0n) is 18.7. The highest BCUT2D eigenvalue weighted by atomic mass is 19.4. The third-order valence-electron chi connectivity index (χ3n) is 6.22. The van der Waals surface area contributed by atoms with Crippen LogP contribution in [0.2, 0.25) is 0 Å². The Morgan fingerprint density at radius 1 is 1.24 bits per heavy atom. The first kappa shape index (κ1) is 22.4. The molecule has 12 heteroatoms. The van der Waals surface area contributed by atoms with E-state index >= 15 is 0 Å². The van der Waals surface area contributed by atoms with Gasteiger partial charge in [0, 0.05) is 17.8 Å². The Morgan fingerprint density at radius 2 is 2.00 bits per heavy atom. The fourth-order valence-corrected chi connectivity index (χ4v) is 4.41. The summed E-state index contributed by atoms with van der Waals surface area (Å²) < 4.78 is 46.8. The van der Waals surface area contributed by atoms with Gasteiger partial charge in [-0.15, -0.1) is 10.2 Å². The van der Waals surface area contributed by atoms with Crippen LogP contribution in [-0.4, -0.2) is 59.6 Å². The van der Waals surface area contributed by atoms with Crippen molar-refractivity contribution in [3.8, 4) is 17.0 Å². The first-order valence-corrected chi connectivity index (χ1v) is 10.9. The monoisotopic (exact) mass is 475 g/mol. The molecule has 3 heterocycles. The quantitative estimate of drug-likeness (QED) is 0.452. The minimum atomic E-state index is -4.41. The fraction of sp³-hybridized carbons (Fsp3) is 0.455. The second-order valence-corrected chi connectivity index (χ2v) is 8.95. The molecule has 1 aliphatic rings. The van der Waals surface area contributed by atoms with Crippen LogP contribution in [0.4, 0.5) is 19.1 Å². The van der Waals surface area contributed by atoms with Gasteiger partial charge >= 0.3 is 6.18 Å². The van der Waals surface area contributed by atoms with E-state index in [1.165, 1.54) is 7.11 Å². The normalized spacial score (nSPS) is 21.3. The Balaban J connectivity index is 1.49. The van der Waals surface area contributed by atoms with Gasteiger partial charge in [0.05, 0.1) is 18.2 Å². The van der Waals surface area contributed by atoms with Crippen molar-refractivity contribution in [2.45, 2.75) is 57.0 Å². The lowest BCUT2D eigenvalue weighted by Crippen LogP contribution is -2.36. The second kappa shape index (κ2) is 8.12. The van der Waals surface area contributed by atoms with Crippen molar-refractivity contribution in [1.29, 1.82) is 0 Å². The number of alkyl halides is 3. The van der Waals surface area contributed by atoms with Crippen LogP contribution in [0.3, 0.4) is 0 Å². The average Bonchev–Trinajstić information content (AvgIpc) is 3.37. The maximum Gasteiger partial charge on any atom is 0.408 e. The Hall–Kier alpha value is -3.41. The van der Waals surface area contributed by atoms with Crippen molar-refractivity contribution in [3.63, 3.8) is 0 Å². The lowest BCUT2D eigenvalue weighted by atomic mass is 9.84. The molecule has 4 aromatic rings. The van der Waals surface area contributed by atoms with E-state index in [0.717, 1.165) is 17.5 Å². The third-order valence-corrected chi connectivity index (χ3v) is 6.22. The topological polar surface area (TPSA) is 102 Å². The number of aliphatic hydroxyl groups is 1. The summed E-state index contributed by atoms with van der Waals surface area (Å²) >= 11 is 0. The highest BCUT2D eigenvalue weighted by Gasteiger charge is 2.30. The van der Waals surface area contributed by atoms with Gasteiger partial charge in [-0.05, 0) is 56.4 Å². The number of rotatable bonds is 5. The molecule has 5 rings (SSSR count). The van der Waals surface area contributed by atoms with Gasteiger partial charge in [-0.1, -0.05) is 11.3 Å². The van der Waals surface area contributed by atoms with E-state index in [1.807, 2.05) is 13.0 Å². The number of hydrogen-bond acceptors (Lipinski definition) is 7. The highest BCUT2D eigenvalue weighted by molar-refractivity contribution is 5.89. The van der Waals surface area contributed by atoms with Gasteiger partial charge < -0.3 is 15.2 Å². The van der Waals surface area contributed by atoms with Gasteiger partial charge in [-0.3, -0.25) is 0 Å². The van der Waals surface area contributed by atoms with Crippen molar-refractivity contribution in [3.05, 3.63) is 30.5 Å². The number of benzene rings is 1. The lowest BCUT2D eigenvalue weighted by molar-refractivity contribution is -0.142. The zero-order valence-corrected chi connectivity index (χ0v) is 18.7. The van der Waals surface area contributed by atoms with Gasteiger partial charge in [0.1, 0.15) is 17.6 Å². The molecule has 0 amide bonds. The standard InChI is InChI=1S/C22H24F3N7O2/c1-21(33)8-5-14(6-9-21)26-20-27-19(34-2)18-15(7-10-31(18)29-20)13-3-4-16-17(11-13)32(30-28-16)12-22(23,24)25/h3-4,7,10-11,14,33H,5-6,8-9,12H2,1-2H3,(H,26,29). The lowest BCUT2D eigenvalue weighted by Gasteiger charge is -2.33. The molecule has 9 nitrogen and oxygen atoms in total. The molecule has 1 saturated carbocycles. The first-order valence-electron chi connectivity index (χ1n) is 10.9. The van der Waals surface area contributed by atoms with Crippen LogP contribution >= 0.6 is 0 Å². The summed E-state index contributed by atoms with van der Waals surface area (Å²) in [7, 11) is 1.51. The van der Waals surface area contributed by atoms with Crippen LogP contribution in [0, 0.1) is 0 Å². The van der Waals surface area contributed by atoms with Crippen LogP contribution in [0.25, 0.3) is 27.7 Å². The highest BCUT2D eigenvalue weighted by Crippen LogP contribution is 2.34. The van der Waals surface area contributed by atoms with E-state index in [1.54, 1.807) is 28.9 Å². The molecule has 0 saturated heterocycles. The molecular weight excluding hydrogens is 451 g/mol. The van der Waals surface area contributed by atoms with E-state index < -0.39 is 18.3 Å². The summed E-state index contributed by atoms with van der Waals surface area (Å²) in [5.41, 5.74) is 1.98. The Bertz CT molecular complexity index is 1340. The largest absolute Gasteiger partial charge is 0.479 e. The molecule has 1 aromatic carbocycles. The predicted octanol–water partition coefficient (Wildman–Crippen LogP) is 3.82. The fourth-order valence-electron chi connectivity index (χ4n) is 4.41. The molecule has 180 valence electrons. The molecule has 34 heavy (non-hydrogen) atoms. The van der Waals surface area contributed by atoms with Gasteiger partial charge in [0.15, 0.2) is 0 Å². The third kappa shape index (κ3) is 4.37. The van der Waals surface area contributed by atoms with Gasteiger partial charge in [-0.25, -0.2) is 9.20 Å². The SMILES string of the molecule is COc1nc(NC2CCC(C)(O)CC2)nn2ccc(-c3ccc4nnn(CC(F)(F)F)c4c3)c12. The minimum Gasteiger partial charge on any atom is -0.479 e. The second-order valence-electron chi connectivity index (χ2n) is 8.95. The van der Waals surface area contributed by atoms with Crippen LogP contribution in [0.15, 0.2) is 30.5 Å². The molecular formula is C22H24F3N7O2. The molecule has 3 aromatic heterocycles. The number of ether oxygens (including phenoxy) is 1. The molecule has 1 fully saturated rings. The van der Waals surface area contributed by atoms with Crippen molar-refractivity contribution in [2.75, 3.05) is 12.4 Å². The minimum absolute atomic E-state index is 0.140. The molecule has 0 spiro atoms. The number of hydrogen-bond donors (Lipinski definition) is 2. The van der Waals surface area contributed by atoms with Crippen molar-refractivity contribution < 1.29 is 23.0 Å². The molecule has 0 radical (unpaired) electrons. The zero-order chi connectivity index (χ0) is 24.1. The molecule has 0 aliphatic heterocycles. The van der Waals surface area contributed by atoms with Crippen molar-refractivity contribution >= 4 is 22.5 Å².